The first-order chi connectivity index (χ1) is 18.1. The lowest BCUT2D eigenvalue weighted by Gasteiger charge is -2.17. The summed E-state index contributed by atoms with van der Waals surface area (Å²) in [7, 11) is 3.22. The third-order valence-electron chi connectivity index (χ3n) is 5.91. The molecule has 37 heavy (non-hydrogen) atoms. The van der Waals surface area contributed by atoms with Crippen molar-refractivity contribution in [1.29, 1.82) is 0 Å². The third kappa shape index (κ3) is 6.71. The van der Waals surface area contributed by atoms with Crippen LogP contribution in [0.1, 0.15) is 34.7 Å². The van der Waals surface area contributed by atoms with E-state index in [0.717, 1.165) is 22.0 Å². The van der Waals surface area contributed by atoms with Crippen molar-refractivity contribution in [3.05, 3.63) is 90.0 Å². The molecule has 0 N–H and O–H groups in total. The molecule has 0 saturated heterocycles. The maximum Gasteiger partial charge on any atom is 0.396 e. The van der Waals surface area contributed by atoms with Crippen molar-refractivity contribution in [2.45, 2.75) is 25.9 Å². The van der Waals surface area contributed by atoms with Gasteiger partial charge in [0, 0.05) is 37.1 Å². The van der Waals surface area contributed by atoms with Crippen LogP contribution in [0.5, 0.6) is 0 Å². The predicted molar refractivity (Wildman–Crippen MR) is 139 cm³/mol. The van der Waals surface area contributed by atoms with Gasteiger partial charge in [-0.25, -0.2) is 4.79 Å². The van der Waals surface area contributed by atoms with Gasteiger partial charge in [0.1, 0.15) is 0 Å². The van der Waals surface area contributed by atoms with E-state index in [4.69, 9.17) is 9.15 Å². The maximum absolute atomic E-state index is 13.2. The fraction of sp³-hybridized carbons (Fsp3) is 0.286. The smallest absolute Gasteiger partial charge is 0.396 e. The number of aromatic nitrogens is 3. The van der Waals surface area contributed by atoms with Gasteiger partial charge in [-0.05, 0) is 30.0 Å². The van der Waals surface area contributed by atoms with Gasteiger partial charge < -0.3 is 18.5 Å². The van der Waals surface area contributed by atoms with E-state index in [1.54, 1.807) is 0 Å². The zero-order chi connectivity index (χ0) is 26.0. The Bertz CT molecular complexity index is 1360. The number of amides is 1. The fourth-order valence-electron chi connectivity index (χ4n) is 4.03. The molecule has 0 atom stereocenters. The highest BCUT2D eigenvalue weighted by atomic mass is 16.5. The summed E-state index contributed by atoms with van der Waals surface area (Å²) in [6.07, 6.45) is 7.21. The molecule has 192 valence electrons. The second-order valence-corrected chi connectivity index (χ2v) is 8.47. The standard InChI is InChI=1S/C28H30N4O5/c1-31-19-22(23-13-8-9-14-24(23)31)16-17-32(28-30-29-26(37-28)27(34)35-2)25(33)15-7-4-10-18-36-20-21-11-5-3-6-12-21/h3-6,8-14,19H,7,15-18,20H2,1-2H3/b10-4-. The van der Waals surface area contributed by atoms with Crippen LogP contribution in [-0.2, 0) is 34.3 Å². The van der Waals surface area contributed by atoms with E-state index in [9.17, 15) is 9.59 Å². The molecule has 9 heteroatoms. The molecule has 2 aromatic heterocycles. The van der Waals surface area contributed by atoms with E-state index in [1.165, 1.54) is 12.0 Å². The molecule has 4 rings (SSSR count). The number of benzene rings is 2. The average molecular weight is 503 g/mol. The lowest BCUT2D eigenvalue weighted by Crippen LogP contribution is -2.33. The van der Waals surface area contributed by atoms with Gasteiger partial charge in [0.2, 0.25) is 5.91 Å². The predicted octanol–water partition coefficient (Wildman–Crippen LogP) is 4.48. The number of para-hydroxylation sites is 1. The van der Waals surface area contributed by atoms with Crippen molar-refractivity contribution >= 4 is 28.8 Å². The van der Waals surface area contributed by atoms with E-state index >= 15 is 0 Å². The first-order valence-corrected chi connectivity index (χ1v) is 12.1. The van der Waals surface area contributed by atoms with E-state index < -0.39 is 5.97 Å². The van der Waals surface area contributed by atoms with Crippen molar-refractivity contribution in [2.24, 2.45) is 7.05 Å². The zero-order valence-electron chi connectivity index (χ0n) is 21.0. The minimum atomic E-state index is -0.751. The molecular formula is C28H30N4O5. The highest BCUT2D eigenvalue weighted by Gasteiger charge is 2.24. The summed E-state index contributed by atoms with van der Waals surface area (Å²) >= 11 is 0. The summed E-state index contributed by atoms with van der Waals surface area (Å²) in [5.74, 6) is -1.23. The minimum Gasteiger partial charge on any atom is -0.462 e. The number of esters is 1. The van der Waals surface area contributed by atoms with Crippen LogP contribution in [0.2, 0.25) is 0 Å². The number of allylic oxidation sites excluding steroid dienone is 1. The molecule has 0 fully saturated rings. The SMILES string of the molecule is COC(=O)c1nnc(N(CCc2cn(C)c3ccccc23)C(=O)CC/C=C\COCc2ccccc2)o1. The monoisotopic (exact) mass is 502 g/mol. The molecule has 0 aliphatic carbocycles. The Morgan fingerprint density at radius 2 is 1.84 bits per heavy atom. The number of rotatable bonds is 12. The normalized spacial score (nSPS) is 11.3. The van der Waals surface area contributed by atoms with Crippen LogP contribution in [0.15, 0.2) is 77.4 Å². The first kappa shape index (κ1) is 25.8. The first-order valence-electron chi connectivity index (χ1n) is 12.1. The molecular weight excluding hydrogens is 472 g/mol. The van der Waals surface area contributed by atoms with Crippen LogP contribution in [0.3, 0.4) is 0 Å². The molecule has 2 aromatic carbocycles. The van der Waals surface area contributed by atoms with E-state index in [2.05, 4.69) is 37.8 Å². The quantitative estimate of drug-likeness (QED) is 0.160. The van der Waals surface area contributed by atoms with Crippen molar-refractivity contribution in [3.63, 3.8) is 0 Å². The Balaban J connectivity index is 1.37. The maximum atomic E-state index is 13.2. The van der Waals surface area contributed by atoms with Crippen LogP contribution >= 0.6 is 0 Å². The second kappa shape index (κ2) is 12.6. The molecule has 0 aliphatic heterocycles. The van der Waals surface area contributed by atoms with Gasteiger partial charge >= 0.3 is 17.9 Å². The number of carbonyl (C=O) groups is 2. The largest absolute Gasteiger partial charge is 0.462 e. The van der Waals surface area contributed by atoms with Gasteiger partial charge in [-0.3, -0.25) is 9.69 Å². The Hall–Kier alpha value is -4.24. The lowest BCUT2D eigenvalue weighted by molar-refractivity contribution is -0.118. The summed E-state index contributed by atoms with van der Waals surface area (Å²) in [5, 5.41) is 8.78. The molecule has 4 aromatic rings. The summed E-state index contributed by atoms with van der Waals surface area (Å²) in [4.78, 5) is 26.4. The van der Waals surface area contributed by atoms with Crippen LogP contribution in [-0.4, -0.2) is 46.9 Å². The Kier molecular flexibility index (Phi) is 8.83. The molecule has 0 radical (unpaired) electrons. The van der Waals surface area contributed by atoms with Crippen LogP contribution in [0.25, 0.3) is 10.9 Å². The van der Waals surface area contributed by atoms with Gasteiger partial charge in [-0.1, -0.05) is 70.9 Å². The van der Waals surface area contributed by atoms with Crippen LogP contribution in [0, 0.1) is 0 Å². The molecule has 0 unspecified atom stereocenters. The van der Waals surface area contributed by atoms with Gasteiger partial charge in [0.15, 0.2) is 0 Å². The number of methoxy groups -OCH3 is 1. The molecule has 0 spiro atoms. The van der Waals surface area contributed by atoms with E-state index in [1.807, 2.05) is 61.7 Å². The Labute approximate surface area is 215 Å². The lowest BCUT2D eigenvalue weighted by atomic mass is 10.1. The van der Waals surface area contributed by atoms with Crippen LogP contribution in [0.4, 0.5) is 6.01 Å². The number of ether oxygens (including phenoxy) is 2. The topological polar surface area (TPSA) is 99.7 Å². The number of anilines is 1. The molecule has 1 amide bonds. The van der Waals surface area contributed by atoms with Gasteiger partial charge in [-0.2, -0.15) is 0 Å². The van der Waals surface area contributed by atoms with Crippen molar-refractivity contribution in [3.8, 4) is 0 Å². The number of hydrogen-bond acceptors (Lipinski definition) is 7. The molecule has 9 nitrogen and oxygen atoms in total. The summed E-state index contributed by atoms with van der Waals surface area (Å²) in [5.41, 5.74) is 3.32. The highest BCUT2D eigenvalue weighted by molar-refractivity contribution is 5.92. The number of aryl methyl sites for hydroxylation is 1. The minimum absolute atomic E-state index is 0.0270. The van der Waals surface area contributed by atoms with Gasteiger partial charge in [0.05, 0.1) is 20.3 Å². The molecule has 2 heterocycles. The fourth-order valence-corrected chi connectivity index (χ4v) is 4.03. The number of hydrogen-bond donors (Lipinski definition) is 0. The van der Waals surface area contributed by atoms with Gasteiger partial charge in [-0.15, -0.1) is 0 Å². The average Bonchev–Trinajstić information content (AvgIpc) is 3.54. The summed E-state index contributed by atoms with van der Waals surface area (Å²) in [6, 6.07) is 18.0. The zero-order valence-corrected chi connectivity index (χ0v) is 21.0. The van der Waals surface area contributed by atoms with E-state index in [-0.39, 0.29) is 24.2 Å². The van der Waals surface area contributed by atoms with Crippen molar-refractivity contribution in [2.75, 3.05) is 25.2 Å². The Morgan fingerprint density at radius 3 is 2.65 bits per heavy atom. The number of carbonyl (C=O) groups excluding carboxylic acids is 2. The summed E-state index contributed by atoms with van der Waals surface area (Å²) < 4.78 is 17.8. The third-order valence-corrected chi connectivity index (χ3v) is 5.91. The van der Waals surface area contributed by atoms with Crippen LogP contribution < -0.4 is 4.90 Å². The highest BCUT2D eigenvalue weighted by Crippen LogP contribution is 2.22. The second-order valence-electron chi connectivity index (χ2n) is 8.47. The van der Waals surface area contributed by atoms with E-state index in [0.29, 0.717) is 32.6 Å². The molecule has 0 bridgehead atoms. The summed E-state index contributed by atoms with van der Waals surface area (Å²) in [6.45, 7) is 1.31. The molecule has 0 saturated carbocycles. The van der Waals surface area contributed by atoms with Gasteiger partial charge in [0.25, 0.3) is 0 Å². The van der Waals surface area contributed by atoms with Crippen molar-refractivity contribution < 1.29 is 23.5 Å². The molecule has 0 aliphatic rings. The number of nitrogens with zero attached hydrogens (tertiary/aromatic N) is 4. The van der Waals surface area contributed by atoms with Crippen molar-refractivity contribution in [1.82, 2.24) is 14.8 Å². The number of fused-ring (bicyclic) bond motifs is 1. The Morgan fingerprint density at radius 1 is 1.05 bits per heavy atom.